The van der Waals surface area contributed by atoms with Gasteiger partial charge in [0.2, 0.25) is 0 Å². The van der Waals surface area contributed by atoms with Crippen LogP contribution in [0.4, 0.5) is 0 Å². The summed E-state index contributed by atoms with van der Waals surface area (Å²) >= 11 is 0. The van der Waals surface area contributed by atoms with Crippen molar-refractivity contribution in [3.05, 3.63) is 32.6 Å². The molecule has 1 fully saturated rings. The van der Waals surface area contributed by atoms with E-state index >= 15 is 0 Å². The number of aromatic nitrogens is 2. The lowest BCUT2D eigenvalue weighted by atomic mass is 9.98. The predicted molar refractivity (Wildman–Crippen MR) is 140 cm³/mol. The second kappa shape index (κ2) is 11.2. The summed E-state index contributed by atoms with van der Waals surface area (Å²) in [5.41, 5.74) is -0.358. The lowest BCUT2D eigenvalue weighted by Gasteiger charge is -2.37. The van der Waals surface area contributed by atoms with Crippen molar-refractivity contribution in [2.75, 3.05) is 13.2 Å². The zero-order chi connectivity index (χ0) is 25.9. The average molecular weight is 513 g/mol. The summed E-state index contributed by atoms with van der Waals surface area (Å²) in [6.45, 7) is 20.2. The van der Waals surface area contributed by atoms with Crippen molar-refractivity contribution >= 4 is 22.7 Å². The highest BCUT2D eigenvalue weighted by Gasteiger charge is 2.41. The molecular weight excluding hydrogens is 468 g/mol. The highest BCUT2D eigenvalue weighted by molar-refractivity contribution is 6.76. The average Bonchev–Trinajstić information content (AvgIpc) is 3.10. The molecule has 10 heteroatoms. The number of aryl methyl sites for hydroxylation is 1. The minimum atomic E-state index is -1.99. The molecule has 0 amide bonds. The second-order valence-corrected chi connectivity index (χ2v) is 22.6. The van der Waals surface area contributed by atoms with Gasteiger partial charge in [0.1, 0.15) is 19.2 Å². The number of carbonyl (C=O) groups is 1. The largest absolute Gasteiger partial charge is 0.414 e. The van der Waals surface area contributed by atoms with E-state index in [4.69, 9.17) is 13.9 Å². The van der Waals surface area contributed by atoms with Crippen LogP contribution in [-0.4, -0.2) is 51.1 Å². The van der Waals surface area contributed by atoms with E-state index in [1.54, 1.807) is 13.1 Å². The third-order valence-electron chi connectivity index (χ3n) is 7.07. The Morgan fingerprint density at radius 1 is 1.18 bits per heavy atom. The van der Waals surface area contributed by atoms with Gasteiger partial charge in [-0.05, 0) is 43.4 Å². The topological polar surface area (TPSA) is 88.8 Å². The molecule has 2 rings (SSSR count). The quantitative estimate of drug-likeness (QED) is 0.251. The Kier molecular flexibility index (Phi) is 9.48. The van der Waals surface area contributed by atoms with Gasteiger partial charge < -0.3 is 18.7 Å². The van der Waals surface area contributed by atoms with Gasteiger partial charge >= 0.3 is 5.69 Å². The van der Waals surface area contributed by atoms with E-state index < -0.39 is 28.3 Å². The molecule has 1 aromatic heterocycles. The van der Waals surface area contributed by atoms with Gasteiger partial charge in [-0.1, -0.05) is 40.4 Å². The molecule has 0 unspecified atom stereocenters. The van der Waals surface area contributed by atoms with Crippen LogP contribution >= 0.6 is 0 Å². The molecular formula is C24H44N2O6Si2. The molecule has 1 aliphatic rings. The first kappa shape index (κ1) is 28.9. The van der Waals surface area contributed by atoms with Gasteiger partial charge in [-0.2, -0.15) is 0 Å². The third-order valence-corrected chi connectivity index (χ3v) is 13.3. The fourth-order valence-electron chi connectivity index (χ4n) is 3.62. The fourth-order valence-corrected chi connectivity index (χ4v) is 5.40. The lowest BCUT2D eigenvalue weighted by molar-refractivity contribution is -0.109. The van der Waals surface area contributed by atoms with Crippen molar-refractivity contribution in [3.8, 4) is 0 Å². The highest BCUT2D eigenvalue weighted by Crippen LogP contribution is 2.39. The predicted octanol–water partition coefficient (Wildman–Crippen LogP) is 4.15. The molecule has 194 valence electrons. The van der Waals surface area contributed by atoms with Gasteiger partial charge in [-0.15, -0.1) is 0 Å². The Balaban J connectivity index is 2.22. The summed E-state index contributed by atoms with van der Waals surface area (Å²) in [4.78, 5) is 37.2. The van der Waals surface area contributed by atoms with Gasteiger partial charge in [0.15, 0.2) is 8.32 Å². The van der Waals surface area contributed by atoms with Crippen molar-refractivity contribution in [2.24, 2.45) is 5.92 Å². The van der Waals surface area contributed by atoms with Crippen LogP contribution in [0.2, 0.25) is 43.8 Å². The maximum atomic E-state index is 13.2. The van der Waals surface area contributed by atoms with Gasteiger partial charge in [-0.25, -0.2) is 9.36 Å². The van der Waals surface area contributed by atoms with Gasteiger partial charge in [0.25, 0.3) is 5.56 Å². The van der Waals surface area contributed by atoms with E-state index in [0.717, 1.165) is 16.9 Å². The SMILES string of the molecule is Cc1cn([C@H]2C[C@H](CC=O)[C@@H](CO[Si](C)(C)C(C)(C)C)O2)c(=O)n(COCC[Si](C)(C)C)c1=O. The first-order chi connectivity index (χ1) is 15.6. The van der Waals surface area contributed by atoms with Crippen molar-refractivity contribution in [1.82, 2.24) is 9.13 Å². The summed E-state index contributed by atoms with van der Waals surface area (Å²) in [6.07, 6.45) is 2.47. The molecule has 1 aliphatic heterocycles. The first-order valence-electron chi connectivity index (χ1n) is 12.2. The summed E-state index contributed by atoms with van der Waals surface area (Å²) in [7, 11) is -3.27. The van der Waals surface area contributed by atoms with Crippen molar-refractivity contribution in [1.29, 1.82) is 0 Å². The van der Waals surface area contributed by atoms with Crippen LogP contribution in [0.3, 0.4) is 0 Å². The van der Waals surface area contributed by atoms with Crippen LogP contribution in [0.5, 0.6) is 0 Å². The summed E-state index contributed by atoms with van der Waals surface area (Å²) in [5, 5.41) is 0.0597. The molecule has 0 aliphatic carbocycles. The Morgan fingerprint density at radius 3 is 2.38 bits per heavy atom. The van der Waals surface area contributed by atoms with Crippen LogP contribution in [0.1, 0.15) is 45.4 Å². The maximum absolute atomic E-state index is 13.2. The van der Waals surface area contributed by atoms with Crippen LogP contribution < -0.4 is 11.2 Å². The number of rotatable bonds is 11. The van der Waals surface area contributed by atoms with Gasteiger partial charge in [-0.3, -0.25) is 9.36 Å². The Morgan fingerprint density at radius 2 is 1.82 bits per heavy atom. The molecule has 0 spiro atoms. The van der Waals surface area contributed by atoms with E-state index in [0.29, 0.717) is 31.6 Å². The fraction of sp³-hybridized carbons (Fsp3) is 0.792. The van der Waals surface area contributed by atoms with Crippen molar-refractivity contribution in [2.45, 2.75) is 103 Å². The number of carbonyl (C=O) groups excluding carboxylic acids is 1. The molecule has 0 bridgehead atoms. The number of ether oxygens (including phenoxy) is 2. The smallest absolute Gasteiger partial charge is 0.335 e. The molecule has 8 nitrogen and oxygen atoms in total. The number of aldehydes is 1. The zero-order valence-electron chi connectivity index (χ0n) is 22.5. The minimum absolute atomic E-state index is 0.0483. The molecule has 3 atom stereocenters. The molecule has 2 heterocycles. The van der Waals surface area contributed by atoms with Crippen LogP contribution in [0, 0.1) is 12.8 Å². The number of hydrogen-bond acceptors (Lipinski definition) is 6. The molecule has 1 saturated heterocycles. The van der Waals surface area contributed by atoms with E-state index in [1.165, 1.54) is 4.57 Å². The van der Waals surface area contributed by atoms with Gasteiger partial charge in [0, 0.05) is 32.9 Å². The van der Waals surface area contributed by atoms with E-state index in [2.05, 4.69) is 53.5 Å². The van der Waals surface area contributed by atoms with Crippen LogP contribution in [0.15, 0.2) is 15.8 Å². The molecule has 0 N–H and O–H groups in total. The zero-order valence-corrected chi connectivity index (χ0v) is 24.5. The maximum Gasteiger partial charge on any atom is 0.335 e. The summed E-state index contributed by atoms with van der Waals surface area (Å²) in [5.74, 6) is -0.0483. The van der Waals surface area contributed by atoms with E-state index in [9.17, 15) is 14.4 Å². The Hall–Kier alpha value is -1.34. The molecule has 0 aromatic carbocycles. The first-order valence-corrected chi connectivity index (χ1v) is 18.8. The van der Waals surface area contributed by atoms with Crippen LogP contribution in [-0.2, 0) is 25.4 Å². The third kappa shape index (κ3) is 7.33. The standard InChI is InChI=1S/C24H44N2O6Si2/c1-18-15-25(23(29)26(22(18)28)17-30-12-13-33(5,6)7)21-14-19(10-11-27)20(32-21)16-31-34(8,9)24(2,3)4/h11,15,19-21H,10,12-14,16-17H2,1-9H3/t19-,20+,21+/m0/s1. The normalized spacial score (nSPS) is 21.7. The Labute approximate surface area is 205 Å². The lowest BCUT2D eigenvalue weighted by Crippen LogP contribution is -2.44. The molecule has 34 heavy (non-hydrogen) atoms. The number of nitrogens with zero attached hydrogens (tertiary/aromatic N) is 2. The van der Waals surface area contributed by atoms with Crippen molar-refractivity contribution in [3.63, 3.8) is 0 Å². The van der Waals surface area contributed by atoms with Gasteiger partial charge in [0.05, 0.1) is 12.7 Å². The Bertz CT molecular complexity index is 958. The van der Waals surface area contributed by atoms with Crippen LogP contribution in [0.25, 0.3) is 0 Å². The minimum Gasteiger partial charge on any atom is -0.414 e. The van der Waals surface area contributed by atoms with E-state index in [-0.39, 0.29) is 29.4 Å². The molecule has 0 radical (unpaired) electrons. The second-order valence-electron chi connectivity index (χ2n) is 12.2. The van der Waals surface area contributed by atoms with E-state index in [1.807, 2.05) is 0 Å². The summed E-state index contributed by atoms with van der Waals surface area (Å²) < 4.78 is 21.0. The van der Waals surface area contributed by atoms with Crippen molar-refractivity contribution < 1.29 is 18.7 Å². The molecule has 0 saturated carbocycles. The monoisotopic (exact) mass is 512 g/mol. The summed E-state index contributed by atoms with van der Waals surface area (Å²) in [6, 6.07) is 0.955. The molecule has 1 aromatic rings. The highest BCUT2D eigenvalue weighted by atomic mass is 28.4. The number of hydrogen-bond donors (Lipinski definition) is 0.